The van der Waals surface area contributed by atoms with Crippen molar-refractivity contribution in [3.8, 4) is 11.5 Å². The molecule has 2 rings (SSSR count). The van der Waals surface area contributed by atoms with Crippen LogP contribution in [0.15, 0.2) is 42.5 Å². The fraction of sp³-hybridized carbons (Fsp3) is 0.391. The summed E-state index contributed by atoms with van der Waals surface area (Å²) in [6.45, 7) is 6.21. The molecule has 30 heavy (non-hydrogen) atoms. The van der Waals surface area contributed by atoms with Crippen LogP contribution in [0, 0.1) is 12.8 Å². The first-order valence-electron chi connectivity index (χ1n) is 9.96. The van der Waals surface area contributed by atoms with E-state index in [0.29, 0.717) is 30.2 Å². The van der Waals surface area contributed by atoms with Crippen LogP contribution in [0.5, 0.6) is 11.5 Å². The molecule has 1 unspecified atom stereocenters. The van der Waals surface area contributed by atoms with Gasteiger partial charge in [0.05, 0.1) is 14.2 Å². The summed E-state index contributed by atoms with van der Waals surface area (Å²) in [4.78, 5) is 24.9. The van der Waals surface area contributed by atoms with Gasteiger partial charge in [0, 0.05) is 12.2 Å². The van der Waals surface area contributed by atoms with E-state index in [9.17, 15) is 9.59 Å². The SMILES string of the molecule is COc1ccc(CCNC(=O)C(NC(=O)Nc2ccc(C)cc2)C(C)C)cc1OC. The van der Waals surface area contributed by atoms with E-state index in [2.05, 4.69) is 16.0 Å². The number of rotatable bonds is 9. The number of carbonyl (C=O) groups is 2. The average molecular weight is 414 g/mol. The number of nitrogens with one attached hydrogen (secondary N) is 3. The average Bonchev–Trinajstić information content (AvgIpc) is 2.73. The Hall–Kier alpha value is -3.22. The summed E-state index contributed by atoms with van der Waals surface area (Å²) in [5, 5.41) is 8.42. The molecular weight excluding hydrogens is 382 g/mol. The van der Waals surface area contributed by atoms with Gasteiger partial charge in [0.15, 0.2) is 11.5 Å². The van der Waals surface area contributed by atoms with E-state index in [0.717, 1.165) is 11.1 Å². The molecule has 0 saturated heterocycles. The molecular formula is C23H31N3O4. The quantitative estimate of drug-likeness (QED) is 0.587. The molecule has 3 amide bonds. The summed E-state index contributed by atoms with van der Waals surface area (Å²) in [5.74, 6) is 1.03. The van der Waals surface area contributed by atoms with Crippen molar-refractivity contribution in [3.63, 3.8) is 0 Å². The molecule has 2 aromatic rings. The van der Waals surface area contributed by atoms with E-state index >= 15 is 0 Å². The van der Waals surface area contributed by atoms with Crippen molar-refractivity contribution in [1.29, 1.82) is 0 Å². The van der Waals surface area contributed by atoms with Gasteiger partial charge in [-0.05, 0) is 49.1 Å². The lowest BCUT2D eigenvalue weighted by Gasteiger charge is -2.22. The van der Waals surface area contributed by atoms with Crippen LogP contribution in [0.25, 0.3) is 0 Å². The maximum Gasteiger partial charge on any atom is 0.319 e. The highest BCUT2D eigenvalue weighted by molar-refractivity contribution is 5.93. The number of anilines is 1. The highest BCUT2D eigenvalue weighted by Crippen LogP contribution is 2.27. The van der Waals surface area contributed by atoms with Gasteiger partial charge in [-0.25, -0.2) is 4.79 Å². The predicted molar refractivity (Wildman–Crippen MR) is 118 cm³/mol. The Labute approximate surface area is 178 Å². The van der Waals surface area contributed by atoms with Gasteiger partial charge in [0.2, 0.25) is 5.91 Å². The third-order valence-electron chi connectivity index (χ3n) is 4.71. The zero-order chi connectivity index (χ0) is 22.1. The first kappa shape index (κ1) is 23.1. The van der Waals surface area contributed by atoms with Crippen molar-refractivity contribution in [3.05, 3.63) is 53.6 Å². The minimum Gasteiger partial charge on any atom is -0.493 e. The molecule has 3 N–H and O–H groups in total. The van der Waals surface area contributed by atoms with Crippen LogP contribution in [0.4, 0.5) is 10.5 Å². The second-order valence-electron chi connectivity index (χ2n) is 7.42. The van der Waals surface area contributed by atoms with E-state index in [4.69, 9.17) is 9.47 Å². The van der Waals surface area contributed by atoms with Gasteiger partial charge in [0.1, 0.15) is 6.04 Å². The van der Waals surface area contributed by atoms with Gasteiger partial charge in [-0.3, -0.25) is 4.79 Å². The number of hydrogen-bond donors (Lipinski definition) is 3. The summed E-state index contributed by atoms with van der Waals surface area (Å²) in [6, 6.07) is 12.1. The van der Waals surface area contributed by atoms with Gasteiger partial charge >= 0.3 is 6.03 Å². The highest BCUT2D eigenvalue weighted by atomic mass is 16.5. The predicted octanol–water partition coefficient (Wildman–Crippen LogP) is 3.52. The van der Waals surface area contributed by atoms with Gasteiger partial charge < -0.3 is 25.4 Å². The summed E-state index contributed by atoms with van der Waals surface area (Å²) >= 11 is 0. The van der Waals surface area contributed by atoms with E-state index in [1.54, 1.807) is 14.2 Å². The van der Waals surface area contributed by atoms with Crippen molar-refractivity contribution in [2.75, 3.05) is 26.1 Å². The molecule has 2 aromatic carbocycles. The Kier molecular flexibility index (Phi) is 8.53. The Morgan fingerprint density at radius 1 is 0.967 bits per heavy atom. The number of carbonyl (C=O) groups excluding carboxylic acids is 2. The largest absolute Gasteiger partial charge is 0.493 e. The molecule has 0 aliphatic carbocycles. The third kappa shape index (κ3) is 6.69. The number of methoxy groups -OCH3 is 2. The fourth-order valence-corrected chi connectivity index (χ4v) is 2.96. The maximum atomic E-state index is 12.6. The molecule has 0 saturated carbocycles. The molecule has 7 heteroatoms. The van der Waals surface area contributed by atoms with E-state index in [1.165, 1.54) is 0 Å². The van der Waals surface area contributed by atoms with E-state index < -0.39 is 12.1 Å². The molecule has 0 aliphatic rings. The van der Waals surface area contributed by atoms with Crippen LogP contribution in [0.3, 0.4) is 0 Å². The number of hydrogen-bond acceptors (Lipinski definition) is 4. The molecule has 0 radical (unpaired) electrons. The first-order chi connectivity index (χ1) is 14.3. The molecule has 0 bridgehead atoms. The summed E-state index contributed by atoms with van der Waals surface area (Å²) in [5.41, 5.74) is 2.79. The third-order valence-corrected chi connectivity index (χ3v) is 4.71. The van der Waals surface area contributed by atoms with Crippen LogP contribution in [0.2, 0.25) is 0 Å². The van der Waals surface area contributed by atoms with Crippen LogP contribution >= 0.6 is 0 Å². The first-order valence-corrected chi connectivity index (χ1v) is 9.96. The zero-order valence-electron chi connectivity index (χ0n) is 18.2. The second-order valence-corrected chi connectivity index (χ2v) is 7.42. The Bertz CT molecular complexity index is 850. The lowest BCUT2D eigenvalue weighted by molar-refractivity contribution is -0.123. The standard InChI is InChI=1S/C23H31N3O4/c1-15(2)21(26-23(28)25-18-9-6-16(3)7-10-18)22(27)24-13-12-17-8-11-19(29-4)20(14-17)30-5/h6-11,14-15,21H,12-13H2,1-5H3,(H,24,27)(H2,25,26,28). The van der Waals surface area contributed by atoms with Crippen LogP contribution in [0.1, 0.15) is 25.0 Å². The Morgan fingerprint density at radius 2 is 1.63 bits per heavy atom. The molecule has 0 aliphatic heterocycles. The Morgan fingerprint density at radius 3 is 2.23 bits per heavy atom. The normalized spacial score (nSPS) is 11.5. The summed E-state index contributed by atoms with van der Waals surface area (Å²) in [6.07, 6.45) is 0.631. The van der Waals surface area contributed by atoms with E-state index in [-0.39, 0.29) is 11.8 Å². The van der Waals surface area contributed by atoms with Crippen molar-refractivity contribution in [1.82, 2.24) is 10.6 Å². The number of benzene rings is 2. The van der Waals surface area contributed by atoms with Crippen molar-refractivity contribution in [2.45, 2.75) is 33.2 Å². The number of amides is 3. The minimum absolute atomic E-state index is 0.0603. The smallest absolute Gasteiger partial charge is 0.319 e. The zero-order valence-corrected chi connectivity index (χ0v) is 18.2. The van der Waals surface area contributed by atoms with Crippen molar-refractivity contribution < 1.29 is 19.1 Å². The lowest BCUT2D eigenvalue weighted by Crippen LogP contribution is -2.51. The van der Waals surface area contributed by atoms with Crippen LogP contribution in [-0.4, -0.2) is 38.7 Å². The molecule has 0 spiro atoms. The minimum atomic E-state index is -0.638. The van der Waals surface area contributed by atoms with E-state index in [1.807, 2.05) is 63.2 Å². The molecule has 0 heterocycles. The molecule has 0 aromatic heterocycles. The van der Waals surface area contributed by atoms with Crippen LogP contribution in [-0.2, 0) is 11.2 Å². The summed E-state index contributed by atoms with van der Waals surface area (Å²) in [7, 11) is 3.18. The Balaban J connectivity index is 1.89. The van der Waals surface area contributed by atoms with Crippen molar-refractivity contribution >= 4 is 17.6 Å². The summed E-state index contributed by atoms with van der Waals surface area (Å²) < 4.78 is 10.5. The number of aryl methyl sites for hydroxylation is 1. The molecule has 1 atom stereocenters. The highest BCUT2D eigenvalue weighted by Gasteiger charge is 2.24. The van der Waals surface area contributed by atoms with Crippen LogP contribution < -0.4 is 25.4 Å². The molecule has 162 valence electrons. The monoisotopic (exact) mass is 413 g/mol. The molecule has 0 fully saturated rings. The molecule has 7 nitrogen and oxygen atoms in total. The second kappa shape index (κ2) is 11.1. The lowest BCUT2D eigenvalue weighted by atomic mass is 10.0. The van der Waals surface area contributed by atoms with Crippen molar-refractivity contribution in [2.24, 2.45) is 5.92 Å². The van der Waals surface area contributed by atoms with Gasteiger partial charge in [0.25, 0.3) is 0 Å². The number of ether oxygens (including phenoxy) is 2. The fourth-order valence-electron chi connectivity index (χ4n) is 2.96. The van der Waals surface area contributed by atoms with Gasteiger partial charge in [-0.15, -0.1) is 0 Å². The van der Waals surface area contributed by atoms with Gasteiger partial charge in [-0.2, -0.15) is 0 Å². The topological polar surface area (TPSA) is 88.7 Å². The maximum absolute atomic E-state index is 12.6. The number of urea groups is 1. The van der Waals surface area contributed by atoms with Gasteiger partial charge in [-0.1, -0.05) is 37.6 Å².